The van der Waals surface area contributed by atoms with Crippen LogP contribution in [-0.2, 0) is 12.0 Å². The smallest absolute Gasteiger partial charge is 0.138 e. The zero-order valence-electron chi connectivity index (χ0n) is 13.7. The lowest BCUT2D eigenvalue weighted by Crippen LogP contribution is -2.11. The van der Waals surface area contributed by atoms with Crippen LogP contribution in [0.4, 0.5) is 0 Å². The first kappa shape index (κ1) is 14.5. The van der Waals surface area contributed by atoms with Gasteiger partial charge in [-0.2, -0.15) is 0 Å². The van der Waals surface area contributed by atoms with Gasteiger partial charge in [0.25, 0.3) is 0 Å². The molecule has 1 heterocycles. The summed E-state index contributed by atoms with van der Waals surface area (Å²) >= 11 is 0. The molecule has 1 saturated carbocycles. The molecule has 21 heavy (non-hydrogen) atoms. The van der Waals surface area contributed by atoms with E-state index >= 15 is 0 Å². The topological polar surface area (TPSA) is 34.4 Å². The fourth-order valence-corrected chi connectivity index (χ4v) is 3.03. The molecule has 1 N–H and O–H groups in total. The summed E-state index contributed by atoms with van der Waals surface area (Å²) in [6.45, 7) is 7.45. The van der Waals surface area contributed by atoms with Crippen LogP contribution in [0.1, 0.15) is 56.4 Å². The molecule has 1 aromatic heterocycles. The van der Waals surface area contributed by atoms with Crippen molar-refractivity contribution in [2.75, 3.05) is 14.2 Å². The predicted molar refractivity (Wildman–Crippen MR) is 86.2 cm³/mol. The van der Waals surface area contributed by atoms with Gasteiger partial charge in [-0.1, -0.05) is 20.8 Å². The molecule has 0 saturated heterocycles. The Bertz CT molecular complexity index is 660. The second-order valence-electron chi connectivity index (χ2n) is 7.05. The number of benzene rings is 1. The minimum Gasteiger partial charge on any atom is -0.497 e. The van der Waals surface area contributed by atoms with Crippen molar-refractivity contribution in [3.63, 3.8) is 0 Å². The second-order valence-corrected chi connectivity index (χ2v) is 7.05. The normalized spacial score (nSPS) is 15.7. The van der Waals surface area contributed by atoms with Gasteiger partial charge in [0.05, 0.1) is 13.7 Å². The Labute approximate surface area is 126 Å². The van der Waals surface area contributed by atoms with Crippen molar-refractivity contribution in [1.29, 1.82) is 0 Å². The van der Waals surface area contributed by atoms with Crippen LogP contribution in [-0.4, -0.2) is 14.2 Å². The minimum absolute atomic E-state index is 0.0301. The fourth-order valence-electron chi connectivity index (χ4n) is 3.03. The van der Waals surface area contributed by atoms with Gasteiger partial charge in [-0.05, 0) is 43.4 Å². The average molecular weight is 287 g/mol. The molecule has 1 fully saturated rings. The van der Waals surface area contributed by atoms with Gasteiger partial charge in [-0.25, -0.2) is 0 Å². The maximum atomic E-state index is 6.28. The van der Waals surface area contributed by atoms with E-state index in [0.29, 0.717) is 5.92 Å². The number of rotatable bonds is 4. The van der Waals surface area contributed by atoms with Gasteiger partial charge in [-0.15, -0.1) is 0 Å². The highest BCUT2D eigenvalue weighted by Gasteiger charge is 2.32. The molecule has 0 atom stereocenters. The third-order valence-electron chi connectivity index (χ3n) is 4.24. The highest BCUT2D eigenvalue weighted by molar-refractivity contribution is 5.88. The molecule has 0 radical (unpaired) electrons. The summed E-state index contributed by atoms with van der Waals surface area (Å²) in [5.41, 5.74) is 3.68. The molecule has 3 nitrogen and oxygen atoms in total. The van der Waals surface area contributed by atoms with E-state index in [2.05, 4.69) is 38.2 Å². The number of fused-ring (bicyclic) bond motifs is 1. The first-order chi connectivity index (χ1) is 9.95. The van der Waals surface area contributed by atoms with Gasteiger partial charge in [0.1, 0.15) is 17.1 Å². The molecule has 0 spiro atoms. The molecular weight excluding hydrogens is 262 g/mol. The van der Waals surface area contributed by atoms with E-state index in [4.69, 9.17) is 9.15 Å². The van der Waals surface area contributed by atoms with Crippen LogP contribution < -0.4 is 10.1 Å². The van der Waals surface area contributed by atoms with Crippen LogP contribution in [0.2, 0.25) is 0 Å². The van der Waals surface area contributed by atoms with E-state index in [0.717, 1.165) is 23.6 Å². The van der Waals surface area contributed by atoms with Crippen LogP contribution in [0, 0.1) is 0 Å². The van der Waals surface area contributed by atoms with Crippen molar-refractivity contribution in [2.45, 2.75) is 51.5 Å². The summed E-state index contributed by atoms with van der Waals surface area (Å²) in [5, 5.41) is 4.47. The minimum atomic E-state index is 0.0301. The van der Waals surface area contributed by atoms with E-state index in [1.54, 1.807) is 7.11 Å². The van der Waals surface area contributed by atoms with Crippen molar-refractivity contribution in [2.24, 2.45) is 0 Å². The molecule has 2 aromatic rings. The molecule has 0 unspecified atom stereocenters. The predicted octanol–water partition coefficient (Wildman–Crippen LogP) is 4.34. The number of nitrogens with one attached hydrogen (secondary N) is 1. The standard InChI is InChI=1S/C18H25NO2/c1-18(2,3)14-9-12(20-5)8-13-16(11-6-7-11)15(10-19-4)21-17(13)14/h8-9,11,19H,6-7,10H2,1-5H3. The maximum absolute atomic E-state index is 6.28. The molecule has 114 valence electrons. The zero-order valence-corrected chi connectivity index (χ0v) is 13.7. The lowest BCUT2D eigenvalue weighted by molar-refractivity contribution is 0.413. The molecule has 3 rings (SSSR count). The van der Waals surface area contributed by atoms with Crippen molar-refractivity contribution >= 4 is 11.0 Å². The summed E-state index contributed by atoms with van der Waals surface area (Å²) in [5.74, 6) is 2.68. The average Bonchev–Trinajstić information content (AvgIpc) is 3.18. The van der Waals surface area contributed by atoms with Crippen LogP contribution in [0.25, 0.3) is 11.0 Å². The van der Waals surface area contributed by atoms with Gasteiger partial charge in [0.15, 0.2) is 0 Å². The van der Waals surface area contributed by atoms with E-state index in [1.165, 1.54) is 29.4 Å². The summed E-state index contributed by atoms with van der Waals surface area (Å²) in [4.78, 5) is 0. The Morgan fingerprint density at radius 3 is 2.52 bits per heavy atom. The highest BCUT2D eigenvalue weighted by Crippen LogP contribution is 2.48. The lowest BCUT2D eigenvalue weighted by atomic mass is 9.85. The van der Waals surface area contributed by atoms with Crippen molar-refractivity contribution < 1.29 is 9.15 Å². The Morgan fingerprint density at radius 1 is 1.29 bits per heavy atom. The quantitative estimate of drug-likeness (QED) is 0.908. The van der Waals surface area contributed by atoms with Crippen LogP contribution >= 0.6 is 0 Å². The number of hydrogen-bond acceptors (Lipinski definition) is 3. The van der Waals surface area contributed by atoms with Gasteiger partial charge in [0, 0.05) is 16.5 Å². The fraction of sp³-hybridized carbons (Fsp3) is 0.556. The Hall–Kier alpha value is -1.48. The van der Waals surface area contributed by atoms with Gasteiger partial charge in [-0.3, -0.25) is 0 Å². The summed E-state index contributed by atoms with van der Waals surface area (Å²) in [6.07, 6.45) is 2.54. The number of furan rings is 1. The maximum Gasteiger partial charge on any atom is 0.138 e. The highest BCUT2D eigenvalue weighted by atomic mass is 16.5. The van der Waals surface area contributed by atoms with E-state index in [1.807, 2.05) is 7.05 Å². The Kier molecular flexibility index (Phi) is 3.48. The first-order valence-corrected chi connectivity index (χ1v) is 7.74. The molecule has 1 aliphatic rings. The van der Waals surface area contributed by atoms with E-state index in [-0.39, 0.29) is 5.41 Å². The largest absolute Gasteiger partial charge is 0.497 e. The third kappa shape index (κ3) is 2.55. The first-order valence-electron chi connectivity index (χ1n) is 7.74. The third-order valence-corrected chi connectivity index (χ3v) is 4.24. The van der Waals surface area contributed by atoms with Gasteiger partial charge < -0.3 is 14.5 Å². The number of hydrogen-bond donors (Lipinski definition) is 1. The van der Waals surface area contributed by atoms with Gasteiger partial charge in [0.2, 0.25) is 0 Å². The molecule has 0 aliphatic heterocycles. The second kappa shape index (κ2) is 5.06. The monoisotopic (exact) mass is 287 g/mol. The van der Waals surface area contributed by atoms with Crippen LogP contribution in [0.15, 0.2) is 16.5 Å². The zero-order chi connectivity index (χ0) is 15.2. The Balaban J connectivity index is 2.30. The SMILES string of the molecule is CNCc1oc2c(C(C)(C)C)cc(OC)cc2c1C1CC1. The molecular formula is C18H25NO2. The van der Waals surface area contributed by atoms with Crippen molar-refractivity contribution in [1.82, 2.24) is 5.32 Å². The molecule has 3 heteroatoms. The van der Waals surface area contributed by atoms with Crippen molar-refractivity contribution in [3.05, 3.63) is 29.0 Å². The Morgan fingerprint density at radius 2 is 2.00 bits per heavy atom. The van der Waals surface area contributed by atoms with Crippen LogP contribution in [0.5, 0.6) is 5.75 Å². The van der Waals surface area contributed by atoms with Gasteiger partial charge >= 0.3 is 0 Å². The van der Waals surface area contributed by atoms with Crippen molar-refractivity contribution in [3.8, 4) is 5.75 Å². The number of ether oxygens (including phenoxy) is 1. The lowest BCUT2D eigenvalue weighted by Gasteiger charge is -2.20. The van der Waals surface area contributed by atoms with Crippen LogP contribution in [0.3, 0.4) is 0 Å². The summed E-state index contributed by atoms with van der Waals surface area (Å²) in [6, 6.07) is 4.26. The summed E-state index contributed by atoms with van der Waals surface area (Å²) in [7, 11) is 3.70. The molecule has 1 aliphatic carbocycles. The number of methoxy groups -OCH3 is 1. The summed E-state index contributed by atoms with van der Waals surface area (Å²) < 4.78 is 11.8. The van der Waals surface area contributed by atoms with E-state index in [9.17, 15) is 0 Å². The molecule has 1 aromatic carbocycles. The van der Waals surface area contributed by atoms with E-state index < -0.39 is 0 Å². The molecule has 0 bridgehead atoms. The molecule has 0 amide bonds.